The molecule has 0 N–H and O–H groups in total. The highest BCUT2D eigenvalue weighted by atomic mass is 19.4. The second-order valence-electron chi connectivity index (χ2n) is 4.86. The lowest BCUT2D eigenvalue weighted by molar-refractivity contribution is -0.143. The molecule has 118 valence electrons. The highest BCUT2D eigenvalue weighted by molar-refractivity contribution is 6.04. The third-order valence-corrected chi connectivity index (χ3v) is 3.11. The van der Waals surface area contributed by atoms with Crippen LogP contribution in [0.3, 0.4) is 0 Å². The van der Waals surface area contributed by atoms with Gasteiger partial charge in [-0.3, -0.25) is 4.99 Å². The van der Waals surface area contributed by atoms with Crippen molar-refractivity contribution < 1.29 is 26.3 Å². The summed E-state index contributed by atoms with van der Waals surface area (Å²) in [4.78, 5) is 3.91. The monoisotopic (exact) mass is 319 g/mol. The molecule has 2 rings (SSSR count). The molecule has 0 saturated heterocycles. The van der Waals surface area contributed by atoms with E-state index in [1.54, 1.807) is 19.1 Å². The number of nitrogens with zero attached hydrogens (tertiary/aromatic N) is 1. The summed E-state index contributed by atoms with van der Waals surface area (Å²) in [7, 11) is 0. The highest BCUT2D eigenvalue weighted by Gasteiger charge is 2.38. The minimum atomic E-state index is -4.90. The van der Waals surface area contributed by atoms with E-state index in [2.05, 4.69) is 4.99 Å². The number of allylic oxidation sites excluding steroid dienone is 3. The Hall–Kier alpha value is -2.05. The number of rotatable bonds is 1. The van der Waals surface area contributed by atoms with Crippen LogP contribution in [0.4, 0.5) is 26.3 Å². The topological polar surface area (TPSA) is 12.4 Å². The Labute approximate surface area is 122 Å². The average Bonchev–Trinajstić information content (AvgIpc) is 2.60. The zero-order valence-corrected chi connectivity index (χ0v) is 11.4. The molecular weight excluding hydrogens is 308 g/mol. The van der Waals surface area contributed by atoms with Crippen molar-refractivity contribution in [2.75, 3.05) is 0 Å². The van der Waals surface area contributed by atoms with Crippen LogP contribution in [0.5, 0.6) is 0 Å². The molecule has 0 fully saturated rings. The number of halogens is 6. The van der Waals surface area contributed by atoms with E-state index in [4.69, 9.17) is 0 Å². The summed E-state index contributed by atoms with van der Waals surface area (Å²) in [6.45, 7) is 1.71. The molecule has 1 heterocycles. The first-order chi connectivity index (χ1) is 10.1. The Kier molecular flexibility index (Phi) is 4.17. The Bertz CT molecular complexity index is 662. The number of alkyl halides is 6. The van der Waals surface area contributed by atoms with Gasteiger partial charge in [-0.05, 0) is 25.1 Å². The summed E-state index contributed by atoms with van der Waals surface area (Å²) in [6.07, 6.45) is -5.01. The Morgan fingerprint density at radius 2 is 1.68 bits per heavy atom. The van der Waals surface area contributed by atoms with E-state index < -0.39 is 23.5 Å². The minimum Gasteiger partial charge on any atom is -0.260 e. The average molecular weight is 319 g/mol. The first-order valence-electron chi connectivity index (χ1n) is 6.27. The van der Waals surface area contributed by atoms with Crippen LogP contribution in [0.25, 0.3) is 0 Å². The lowest BCUT2D eigenvalue weighted by atomic mass is 9.95. The van der Waals surface area contributed by atoms with Gasteiger partial charge < -0.3 is 0 Å². The first-order valence-corrected chi connectivity index (χ1v) is 6.27. The molecule has 0 spiro atoms. The van der Waals surface area contributed by atoms with E-state index in [0.29, 0.717) is 6.07 Å². The molecule has 0 amide bonds. The van der Waals surface area contributed by atoms with E-state index in [0.717, 1.165) is 11.6 Å². The summed E-state index contributed by atoms with van der Waals surface area (Å²) in [5.41, 5.74) is -2.14. The van der Waals surface area contributed by atoms with Gasteiger partial charge in [-0.1, -0.05) is 17.7 Å². The van der Waals surface area contributed by atoms with E-state index in [-0.39, 0.29) is 23.8 Å². The maximum absolute atomic E-state index is 13.1. The van der Waals surface area contributed by atoms with Crippen LogP contribution < -0.4 is 0 Å². The van der Waals surface area contributed by atoms with Crippen molar-refractivity contribution in [3.8, 4) is 0 Å². The molecule has 0 bridgehead atoms. The van der Waals surface area contributed by atoms with Gasteiger partial charge in [-0.25, -0.2) is 0 Å². The molecule has 1 aromatic carbocycles. The molecule has 1 aromatic rings. The van der Waals surface area contributed by atoms with E-state index in [9.17, 15) is 26.3 Å². The van der Waals surface area contributed by atoms with Crippen molar-refractivity contribution in [2.45, 2.75) is 25.7 Å². The molecule has 0 radical (unpaired) electrons. The summed E-state index contributed by atoms with van der Waals surface area (Å²) in [5.74, 6) is 0. The van der Waals surface area contributed by atoms with E-state index in [1.807, 2.05) is 0 Å². The van der Waals surface area contributed by atoms with Crippen LogP contribution >= 0.6 is 0 Å². The number of hydrogen-bond acceptors (Lipinski definition) is 1. The van der Waals surface area contributed by atoms with Crippen molar-refractivity contribution in [3.05, 3.63) is 58.8 Å². The van der Waals surface area contributed by atoms with E-state index >= 15 is 0 Å². The molecule has 1 nitrogen and oxygen atoms in total. The second-order valence-corrected chi connectivity index (χ2v) is 4.86. The third-order valence-electron chi connectivity index (χ3n) is 3.11. The Morgan fingerprint density at radius 3 is 2.27 bits per heavy atom. The maximum atomic E-state index is 13.1. The summed E-state index contributed by atoms with van der Waals surface area (Å²) in [5, 5.41) is 0. The zero-order chi connectivity index (χ0) is 16.5. The summed E-state index contributed by atoms with van der Waals surface area (Å²) in [6, 6.07) is 1.60. The second kappa shape index (κ2) is 5.62. The quantitative estimate of drug-likeness (QED) is 0.617. The van der Waals surface area contributed by atoms with Crippen molar-refractivity contribution in [1.29, 1.82) is 0 Å². The highest BCUT2D eigenvalue weighted by Crippen LogP contribution is 2.38. The predicted octanol–water partition coefficient (Wildman–Crippen LogP) is 5.38. The molecule has 1 aliphatic heterocycles. The normalized spacial score (nSPS) is 16.1. The van der Waals surface area contributed by atoms with E-state index in [1.165, 1.54) is 6.20 Å². The molecule has 0 aliphatic carbocycles. The molecule has 0 saturated carbocycles. The fourth-order valence-corrected chi connectivity index (χ4v) is 2.08. The molecule has 1 aliphatic rings. The van der Waals surface area contributed by atoms with Gasteiger partial charge >= 0.3 is 12.4 Å². The lowest BCUT2D eigenvalue weighted by Gasteiger charge is -2.17. The van der Waals surface area contributed by atoms with Crippen molar-refractivity contribution in [1.82, 2.24) is 0 Å². The van der Waals surface area contributed by atoms with Gasteiger partial charge in [0.25, 0.3) is 0 Å². The zero-order valence-electron chi connectivity index (χ0n) is 11.4. The lowest BCUT2D eigenvalue weighted by Crippen LogP contribution is -2.16. The molecule has 22 heavy (non-hydrogen) atoms. The predicted molar refractivity (Wildman–Crippen MR) is 70.5 cm³/mol. The summed E-state index contributed by atoms with van der Waals surface area (Å²) < 4.78 is 77.3. The van der Waals surface area contributed by atoms with Crippen LogP contribution in [0, 0.1) is 0 Å². The van der Waals surface area contributed by atoms with Gasteiger partial charge in [0.15, 0.2) is 0 Å². The largest absolute Gasteiger partial charge is 0.417 e. The SMILES string of the molecule is CC1=CC=CN=C(c2ccc(C(F)(F)F)cc2C(F)(F)F)C1. The summed E-state index contributed by atoms with van der Waals surface area (Å²) >= 11 is 0. The van der Waals surface area contributed by atoms with Crippen LogP contribution in [-0.2, 0) is 12.4 Å². The van der Waals surface area contributed by atoms with Gasteiger partial charge in [0.1, 0.15) is 0 Å². The third kappa shape index (κ3) is 3.58. The van der Waals surface area contributed by atoms with Gasteiger partial charge in [0.05, 0.1) is 16.8 Å². The standard InChI is InChI=1S/C15H11F6N/c1-9-3-2-6-22-13(7-9)11-5-4-10(14(16,17)18)8-12(11)15(19,20)21/h2-6,8H,7H2,1H3. The Balaban J connectivity index is 2.59. The maximum Gasteiger partial charge on any atom is 0.417 e. The number of benzene rings is 1. The number of aliphatic imine (C=N–C) groups is 1. The Morgan fingerprint density at radius 1 is 1.00 bits per heavy atom. The van der Waals surface area contributed by atoms with Crippen LogP contribution in [0.15, 0.2) is 47.1 Å². The fraction of sp³-hybridized carbons (Fsp3) is 0.267. The number of hydrogen-bond donors (Lipinski definition) is 0. The van der Waals surface area contributed by atoms with Crippen LogP contribution in [0.2, 0.25) is 0 Å². The van der Waals surface area contributed by atoms with Crippen LogP contribution in [0.1, 0.15) is 30.0 Å². The first kappa shape index (κ1) is 16.3. The van der Waals surface area contributed by atoms with Gasteiger partial charge in [-0.15, -0.1) is 0 Å². The molecular formula is C15H11F6N. The van der Waals surface area contributed by atoms with Crippen molar-refractivity contribution >= 4 is 5.71 Å². The van der Waals surface area contributed by atoms with Gasteiger partial charge in [0.2, 0.25) is 0 Å². The minimum absolute atomic E-state index is 0.0866. The van der Waals surface area contributed by atoms with Crippen LogP contribution in [-0.4, -0.2) is 5.71 Å². The molecule has 0 aromatic heterocycles. The van der Waals surface area contributed by atoms with Gasteiger partial charge in [-0.2, -0.15) is 26.3 Å². The molecule has 7 heteroatoms. The fourth-order valence-electron chi connectivity index (χ4n) is 2.08. The van der Waals surface area contributed by atoms with Crippen molar-refractivity contribution in [2.24, 2.45) is 4.99 Å². The molecule has 0 atom stereocenters. The molecule has 0 unspecified atom stereocenters. The van der Waals surface area contributed by atoms with Gasteiger partial charge in [0, 0.05) is 18.2 Å². The smallest absolute Gasteiger partial charge is 0.260 e. The van der Waals surface area contributed by atoms with Crippen molar-refractivity contribution in [3.63, 3.8) is 0 Å².